The van der Waals surface area contributed by atoms with Gasteiger partial charge in [-0.2, -0.15) is 0 Å². The lowest BCUT2D eigenvalue weighted by Gasteiger charge is -2.30. The lowest BCUT2D eigenvalue weighted by Crippen LogP contribution is -2.38. The average molecular weight is 448 g/mol. The fourth-order valence-electron chi connectivity index (χ4n) is 3.86. The van der Waals surface area contributed by atoms with E-state index in [1.807, 2.05) is 37.3 Å². The summed E-state index contributed by atoms with van der Waals surface area (Å²) in [6.07, 6.45) is 8.34. The molecule has 0 amide bonds. The molecular weight excluding hydrogens is 406 g/mol. The summed E-state index contributed by atoms with van der Waals surface area (Å²) in [6, 6.07) is 18.6. The van der Waals surface area contributed by atoms with E-state index in [4.69, 9.17) is 9.47 Å². The summed E-state index contributed by atoms with van der Waals surface area (Å²) in [5.41, 5.74) is 2.49. The van der Waals surface area contributed by atoms with Gasteiger partial charge in [0.1, 0.15) is 5.75 Å². The van der Waals surface area contributed by atoms with Crippen LogP contribution < -0.4 is 10.1 Å². The van der Waals surface area contributed by atoms with Crippen LogP contribution in [0.5, 0.6) is 5.75 Å². The van der Waals surface area contributed by atoms with E-state index in [0.29, 0.717) is 6.61 Å². The highest BCUT2D eigenvalue weighted by Crippen LogP contribution is 2.26. The predicted molar refractivity (Wildman–Crippen MR) is 134 cm³/mol. The van der Waals surface area contributed by atoms with Crippen molar-refractivity contribution >= 4 is 12.4 Å². The van der Waals surface area contributed by atoms with Gasteiger partial charge in [-0.3, -0.25) is 0 Å². The van der Waals surface area contributed by atoms with Gasteiger partial charge in [-0.25, -0.2) is 0 Å². The number of ether oxygens (including phenoxy) is 2. The first kappa shape index (κ1) is 27.5. The number of rotatable bonds is 15. The number of para-hydroxylation sites is 1. The van der Waals surface area contributed by atoms with Crippen molar-refractivity contribution in [3.05, 3.63) is 65.7 Å². The molecule has 0 fully saturated rings. The van der Waals surface area contributed by atoms with E-state index in [0.717, 1.165) is 18.7 Å². The van der Waals surface area contributed by atoms with Crippen molar-refractivity contribution < 1.29 is 9.47 Å². The van der Waals surface area contributed by atoms with Crippen LogP contribution in [0.15, 0.2) is 54.6 Å². The molecule has 174 valence electrons. The number of unbranched alkanes of at least 4 members (excludes halogenated alkanes) is 5. The molecule has 0 aliphatic carbocycles. The molecule has 4 heteroatoms. The van der Waals surface area contributed by atoms with Gasteiger partial charge in [-0.1, -0.05) is 81.5 Å². The van der Waals surface area contributed by atoms with Gasteiger partial charge in [-0.05, 0) is 57.0 Å². The van der Waals surface area contributed by atoms with Crippen molar-refractivity contribution in [3.8, 4) is 5.75 Å². The third-order valence-electron chi connectivity index (χ3n) is 5.54. The highest BCUT2D eigenvalue weighted by molar-refractivity contribution is 5.85. The van der Waals surface area contributed by atoms with E-state index in [2.05, 4.69) is 50.4 Å². The van der Waals surface area contributed by atoms with Crippen molar-refractivity contribution in [2.75, 3.05) is 13.2 Å². The van der Waals surface area contributed by atoms with Crippen molar-refractivity contribution in [3.63, 3.8) is 0 Å². The van der Waals surface area contributed by atoms with E-state index < -0.39 is 0 Å². The van der Waals surface area contributed by atoms with Crippen LogP contribution in [0.2, 0.25) is 0 Å². The minimum absolute atomic E-state index is 0. The molecule has 1 unspecified atom stereocenters. The van der Waals surface area contributed by atoms with Gasteiger partial charge in [0.2, 0.25) is 6.29 Å². The standard InChI is InChI=1S/C27H41NO2.ClH/c1-5-7-8-9-10-16-21-28-27(3,4)25-20-15-14-17-23(25)22-26(29-6-2)30-24-18-12-11-13-19-24;/h11-15,17-20,26,28H,5-10,16,21-22H2,1-4H3;1H. The van der Waals surface area contributed by atoms with Crippen LogP contribution in [0.1, 0.15) is 77.3 Å². The van der Waals surface area contributed by atoms with E-state index in [1.54, 1.807) is 0 Å². The Labute approximate surface area is 196 Å². The number of hydrogen-bond acceptors (Lipinski definition) is 3. The van der Waals surface area contributed by atoms with E-state index in [-0.39, 0.29) is 24.2 Å². The van der Waals surface area contributed by atoms with E-state index in [9.17, 15) is 0 Å². The average Bonchev–Trinajstić information content (AvgIpc) is 2.74. The highest BCUT2D eigenvalue weighted by Gasteiger charge is 2.24. The molecular formula is C27H42ClNO2. The van der Waals surface area contributed by atoms with Crippen LogP contribution in [0.4, 0.5) is 0 Å². The SMILES string of the molecule is CCCCCCCCNC(C)(C)c1ccccc1CC(OCC)Oc1ccccc1.Cl. The summed E-state index contributed by atoms with van der Waals surface area (Å²) in [4.78, 5) is 0. The molecule has 2 rings (SSSR count). The lowest BCUT2D eigenvalue weighted by atomic mass is 9.88. The zero-order valence-corrected chi connectivity index (χ0v) is 20.7. The van der Waals surface area contributed by atoms with Gasteiger partial charge in [0.25, 0.3) is 0 Å². The second kappa shape index (κ2) is 15.3. The molecule has 0 heterocycles. The van der Waals surface area contributed by atoms with Crippen LogP contribution in [0.25, 0.3) is 0 Å². The Bertz CT molecular complexity index is 705. The van der Waals surface area contributed by atoms with Gasteiger partial charge < -0.3 is 14.8 Å². The second-order valence-electron chi connectivity index (χ2n) is 8.50. The van der Waals surface area contributed by atoms with E-state index >= 15 is 0 Å². The van der Waals surface area contributed by atoms with Crippen LogP contribution in [-0.2, 0) is 16.7 Å². The molecule has 0 aliphatic rings. The summed E-state index contributed by atoms with van der Waals surface area (Å²) in [5, 5.41) is 3.78. The Morgan fingerprint density at radius 2 is 1.48 bits per heavy atom. The smallest absolute Gasteiger partial charge is 0.203 e. The monoisotopic (exact) mass is 447 g/mol. The molecule has 0 bridgehead atoms. The molecule has 0 saturated carbocycles. The third kappa shape index (κ3) is 10.1. The van der Waals surface area contributed by atoms with Crippen LogP contribution in [0, 0.1) is 0 Å². The molecule has 0 aromatic heterocycles. The maximum Gasteiger partial charge on any atom is 0.203 e. The number of benzene rings is 2. The van der Waals surface area contributed by atoms with Crippen LogP contribution in [0.3, 0.4) is 0 Å². The van der Waals surface area contributed by atoms with Crippen LogP contribution >= 0.6 is 12.4 Å². The molecule has 0 radical (unpaired) electrons. The van der Waals surface area contributed by atoms with Gasteiger partial charge in [0.15, 0.2) is 0 Å². The minimum Gasteiger partial charge on any atom is -0.465 e. The van der Waals surface area contributed by atoms with Gasteiger partial charge >= 0.3 is 0 Å². The molecule has 1 atom stereocenters. The first-order chi connectivity index (χ1) is 14.6. The Morgan fingerprint density at radius 3 is 2.19 bits per heavy atom. The maximum absolute atomic E-state index is 6.13. The zero-order valence-electron chi connectivity index (χ0n) is 19.9. The summed E-state index contributed by atoms with van der Waals surface area (Å²) in [6.45, 7) is 10.5. The van der Waals surface area contributed by atoms with Gasteiger partial charge in [0, 0.05) is 18.6 Å². The molecule has 0 aliphatic heterocycles. The normalized spacial score (nSPS) is 12.3. The quantitative estimate of drug-likeness (QED) is 0.230. The fourth-order valence-corrected chi connectivity index (χ4v) is 3.86. The fraction of sp³-hybridized carbons (Fsp3) is 0.556. The summed E-state index contributed by atoms with van der Waals surface area (Å²) >= 11 is 0. The Kier molecular flexibility index (Phi) is 13.6. The summed E-state index contributed by atoms with van der Waals surface area (Å²) in [7, 11) is 0. The molecule has 2 aromatic carbocycles. The Morgan fingerprint density at radius 1 is 0.839 bits per heavy atom. The first-order valence-corrected chi connectivity index (χ1v) is 11.7. The lowest BCUT2D eigenvalue weighted by molar-refractivity contribution is -0.0742. The molecule has 1 N–H and O–H groups in total. The van der Waals surface area contributed by atoms with Crippen molar-refractivity contribution in [1.29, 1.82) is 0 Å². The number of nitrogens with one attached hydrogen (secondary N) is 1. The van der Waals surface area contributed by atoms with Crippen molar-refractivity contribution in [2.24, 2.45) is 0 Å². The first-order valence-electron chi connectivity index (χ1n) is 11.7. The predicted octanol–water partition coefficient (Wildman–Crippen LogP) is 7.28. The Hall–Kier alpha value is -1.55. The van der Waals surface area contributed by atoms with Gasteiger partial charge in [0.05, 0.1) is 0 Å². The molecule has 2 aromatic rings. The zero-order chi connectivity index (χ0) is 21.7. The van der Waals surface area contributed by atoms with Crippen molar-refractivity contribution in [2.45, 2.75) is 84.5 Å². The molecule has 0 saturated heterocycles. The van der Waals surface area contributed by atoms with Gasteiger partial charge in [-0.15, -0.1) is 12.4 Å². The summed E-state index contributed by atoms with van der Waals surface area (Å²) in [5.74, 6) is 0.842. The summed E-state index contributed by atoms with van der Waals surface area (Å²) < 4.78 is 12.0. The molecule has 0 spiro atoms. The number of hydrogen-bond donors (Lipinski definition) is 1. The third-order valence-corrected chi connectivity index (χ3v) is 5.54. The Balaban J connectivity index is 0.00000480. The second-order valence-corrected chi connectivity index (χ2v) is 8.50. The minimum atomic E-state index is -0.298. The topological polar surface area (TPSA) is 30.5 Å². The largest absolute Gasteiger partial charge is 0.465 e. The molecule has 3 nitrogen and oxygen atoms in total. The van der Waals surface area contributed by atoms with E-state index in [1.165, 1.54) is 49.7 Å². The molecule has 31 heavy (non-hydrogen) atoms. The highest BCUT2D eigenvalue weighted by atomic mass is 35.5. The number of halogens is 1. The van der Waals surface area contributed by atoms with Crippen molar-refractivity contribution in [1.82, 2.24) is 5.32 Å². The van der Waals surface area contributed by atoms with Crippen LogP contribution in [-0.4, -0.2) is 19.4 Å². The maximum atomic E-state index is 6.13.